The quantitative estimate of drug-likeness (QED) is 0.102. The number of piperidine rings is 1. The van der Waals surface area contributed by atoms with Gasteiger partial charge in [0.15, 0.2) is 22.9 Å². The zero-order valence-corrected chi connectivity index (χ0v) is 24.1. The summed E-state index contributed by atoms with van der Waals surface area (Å²) in [7, 11) is 0. The van der Waals surface area contributed by atoms with Gasteiger partial charge in [0.1, 0.15) is 6.29 Å². The molecule has 2 atom stereocenters. The van der Waals surface area contributed by atoms with Gasteiger partial charge < -0.3 is 33.1 Å². The molecule has 4 aliphatic rings. The van der Waals surface area contributed by atoms with Gasteiger partial charge in [0.05, 0.1) is 5.52 Å². The molecule has 3 aliphatic heterocycles. The fourth-order valence-electron chi connectivity index (χ4n) is 6.44. The first-order chi connectivity index (χ1) is 20.7. The summed E-state index contributed by atoms with van der Waals surface area (Å²) in [6.45, 7) is 1.52. The Hall–Kier alpha value is -4.32. The highest BCUT2D eigenvalue weighted by molar-refractivity contribution is 6.43. The maximum atomic E-state index is 13.5. The van der Waals surface area contributed by atoms with E-state index in [9.17, 15) is 9.59 Å². The lowest BCUT2D eigenvalue weighted by atomic mass is 9.88. The van der Waals surface area contributed by atoms with Crippen LogP contribution in [0.25, 0.3) is 10.9 Å². The van der Waals surface area contributed by atoms with E-state index in [-0.39, 0.29) is 22.6 Å². The first-order valence-corrected chi connectivity index (χ1v) is 14.4. The monoisotopic (exact) mass is 611 g/mol. The van der Waals surface area contributed by atoms with Crippen LogP contribution in [0.3, 0.4) is 0 Å². The van der Waals surface area contributed by atoms with Crippen molar-refractivity contribution >= 4 is 40.0 Å². The fourth-order valence-corrected chi connectivity index (χ4v) is 6.62. The van der Waals surface area contributed by atoms with Crippen molar-refractivity contribution in [1.82, 2.24) is 30.5 Å². The van der Waals surface area contributed by atoms with E-state index in [4.69, 9.17) is 35.0 Å². The van der Waals surface area contributed by atoms with Crippen molar-refractivity contribution < 1.29 is 9.59 Å². The van der Waals surface area contributed by atoms with Crippen molar-refractivity contribution in [3.63, 3.8) is 0 Å². The number of benzene rings is 1. The maximum Gasteiger partial charge on any atom is 0.272 e. The highest BCUT2D eigenvalue weighted by Crippen LogP contribution is 2.33. The number of rotatable bonds is 5. The zero-order valence-electron chi connectivity index (χ0n) is 23.3. The Labute approximate surface area is 251 Å². The molecule has 1 aromatic heterocycles. The molecule has 11 N–H and O–H groups in total. The van der Waals surface area contributed by atoms with E-state index >= 15 is 0 Å². The number of nitrogen functional groups attached to an aromatic ring is 1. The molecule has 0 bridgehead atoms. The molecule has 6 rings (SSSR count). The van der Waals surface area contributed by atoms with E-state index < -0.39 is 23.9 Å². The van der Waals surface area contributed by atoms with Gasteiger partial charge in [-0.3, -0.25) is 25.4 Å². The number of carbonyl (C=O) groups excluding carboxylic acids is 2. The molecular weight excluding hydrogens is 578 g/mol. The molecule has 18 heteroatoms. The van der Waals surface area contributed by atoms with E-state index in [1.54, 1.807) is 4.68 Å². The third-order valence-electron chi connectivity index (χ3n) is 8.61. The number of amides is 2. The van der Waals surface area contributed by atoms with E-state index in [0.717, 1.165) is 36.6 Å². The van der Waals surface area contributed by atoms with Gasteiger partial charge in [-0.1, -0.05) is 22.0 Å². The molecule has 1 aliphatic carbocycles. The third kappa shape index (κ3) is 5.24. The minimum absolute atomic E-state index is 0.00915. The minimum Gasteiger partial charge on any atom is -0.339 e. The van der Waals surface area contributed by atoms with Gasteiger partial charge in [-0.2, -0.15) is 0 Å². The van der Waals surface area contributed by atoms with Crippen molar-refractivity contribution in [2.45, 2.75) is 56.5 Å². The Morgan fingerprint density at radius 3 is 2.63 bits per heavy atom. The molecule has 17 nitrogen and oxygen atoms in total. The van der Waals surface area contributed by atoms with Gasteiger partial charge in [0.2, 0.25) is 0 Å². The van der Waals surface area contributed by atoms with Gasteiger partial charge in [-0.05, 0) is 62.3 Å². The van der Waals surface area contributed by atoms with Crippen molar-refractivity contribution in [2.24, 2.45) is 43.2 Å². The summed E-state index contributed by atoms with van der Waals surface area (Å²) in [6.07, 6.45) is 3.69. The number of nitrogens with two attached hydrogens (primary N) is 4. The van der Waals surface area contributed by atoms with Crippen LogP contribution in [0.15, 0.2) is 54.8 Å². The number of fused-ring (bicyclic) bond motifs is 3. The first kappa shape index (κ1) is 28.8. The Kier molecular flexibility index (Phi) is 7.63. The topological polar surface area (TPSA) is 248 Å². The molecule has 2 saturated heterocycles. The normalized spacial score (nSPS) is 24.1. The first-order valence-electron chi connectivity index (χ1n) is 14.0. The van der Waals surface area contributed by atoms with E-state index in [1.807, 2.05) is 23.1 Å². The number of hydrazine groups is 1. The number of hydrogen-bond donors (Lipinski definition) is 7. The molecular formula is C25H34ClN15O2. The second-order valence-electron chi connectivity index (χ2n) is 11.1. The summed E-state index contributed by atoms with van der Waals surface area (Å²) < 4.78 is 1.78. The van der Waals surface area contributed by atoms with E-state index in [2.05, 4.69) is 41.6 Å². The van der Waals surface area contributed by atoms with Crippen molar-refractivity contribution in [3.8, 4) is 0 Å². The van der Waals surface area contributed by atoms with Crippen LogP contribution in [-0.2, 0) is 17.6 Å². The van der Waals surface area contributed by atoms with Gasteiger partial charge in [0, 0.05) is 41.8 Å². The zero-order chi connectivity index (χ0) is 30.3. The van der Waals surface area contributed by atoms with E-state index in [1.165, 1.54) is 16.3 Å². The Bertz CT molecular complexity index is 1570. The van der Waals surface area contributed by atoms with Crippen LogP contribution in [0.1, 0.15) is 47.3 Å². The van der Waals surface area contributed by atoms with Crippen LogP contribution >= 0.6 is 11.6 Å². The van der Waals surface area contributed by atoms with E-state index in [0.29, 0.717) is 38.0 Å². The minimum atomic E-state index is -1.07. The molecule has 228 valence electrons. The molecule has 1 aromatic carbocycles. The van der Waals surface area contributed by atoms with Crippen LogP contribution in [0, 0.1) is 0 Å². The number of hydrogen-bond acceptors (Lipinski definition) is 12. The SMILES string of the molecule is NN=NC1=C(Cl)N=C(C(=O)NC2NC3(CCN(C(=O)c4ccc5c(c4)c4c(n5N)CCCC4)CC3)CN2N)C(N=NN)N1. The number of aryl methyl sites for hydroxylation is 1. The lowest BCUT2D eigenvalue weighted by Gasteiger charge is -2.39. The largest absolute Gasteiger partial charge is 0.339 e. The standard InChI is InChI=1S/C25H34ClN15O2/c26-19-21(36-38-28)32-20(35-37-27)18(31-19)22(42)33-24-34-25(12-40(24)29)7-9-39(10-8-25)23(43)13-5-6-17-15(11-13)14-3-1-2-4-16(14)41(17)30/h5-6,11,20,24,32,34H,1-4,7-10,12,29-30H2,(H2,27,35)(H2,28,36)(H,33,42). The molecule has 0 saturated carbocycles. The molecule has 0 radical (unpaired) electrons. The molecule has 2 amide bonds. The van der Waals surface area contributed by atoms with Crippen molar-refractivity contribution in [1.29, 1.82) is 0 Å². The van der Waals surface area contributed by atoms with Crippen LogP contribution < -0.4 is 39.3 Å². The Morgan fingerprint density at radius 1 is 1.12 bits per heavy atom. The summed E-state index contributed by atoms with van der Waals surface area (Å²) in [4.78, 5) is 32.7. The Morgan fingerprint density at radius 2 is 1.88 bits per heavy atom. The highest BCUT2D eigenvalue weighted by Gasteiger charge is 2.46. The molecule has 1 spiro atoms. The predicted octanol–water partition coefficient (Wildman–Crippen LogP) is -0.225. The highest BCUT2D eigenvalue weighted by atomic mass is 35.5. The summed E-state index contributed by atoms with van der Waals surface area (Å²) in [6, 6.07) is 5.79. The van der Waals surface area contributed by atoms with Crippen molar-refractivity contribution in [2.75, 3.05) is 25.5 Å². The van der Waals surface area contributed by atoms with Gasteiger partial charge in [-0.15, -0.1) is 10.2 Å². The van der Waals surface area contributed by atoms with Crippen molar-refractivity contribution in [3.05, 3.63) is 46.0 Å². The number of likely N-dealkylation sites (tertiary alicyclic amines) is 1. The third-order valence-corrected chi connectivity index (χ3v) is 8.88. The lowest BCUT2D eigenvalue weighted by Crippen LogP contribution is -2.59. The summed E-state index contributed by atoms with van der Waals surface area (Å²) in [5.41, 5.74) is 3.53. The number of nitrogens with one attached hydrogen (secondary N) is 3. The number of nitrogens with zero attached hydrogens (tertiary/aromatic N) is 8. The maximum absolute atomic E-state index is 13.5. The number of carbonyl (C=O) groups is 2. The van der Waals surface area contributed by atoms with Crippen LogP contribution in [0.2, 0.25) is 0 Å². The second-order valence-corrected chi connectivity index (χ2v) is 11.5. The van der Waals surface area contributed by atoms with Crippen LogP contribution in [0.4, 0.5) is 0 Å². The summed E-state index contributed by atoms with van der Waals surface area (Å²) in [5.74, 6) is 22.4. The van der Waals surface area contributed by atoms with Gasteiger partial charge in [-0.25, -0.2) is 10.0 Å². The molecule has 43 heavy (non-hydrogen) atoms. The summed E-state index contributed by atoms with van der Waals surface area (Å²) in [5, 5.41) is 25.2. The molecule has 2 aromatic rings. The number of aliphatic imine (C=N–C) groups is 1. The molecule has 2 fully saturated rings. The fraction of sp³-hybridized carbons (Fsp3) is 0.480. The lowest BCUT2D eigenvalue weighted by molar-refractivity contribution is -0.116. The van der Waals surface area contributed by atoms with Crippen LogP contribution in [0.5, 0.6) is 0 Å². The van der Waals surface area contributed by atoms with Gasteiger partial charge >= 0.3 is 0 Å². The predicted molar refractivity (Wildman–Crippen MR) is 158 cm³/mol. The average molecular weight is 612 g/mol. The van der Waals surface area contributed by atoms with Crippen LogP contribution in [-0.4, -0.2) is 69.7 Å². The second kappa shape index (κ2) is 11.4. The van der Waals surface area contributed by atoms with Gasteiger partial charge in [0.25, 0.3) is 11.8 Å². The molecule has 2 unspecified atom stereocenters. The number of halogens is 1. The Balaban J connectivity index is 1.11. The average Bonchev–Trinajstić information content (AvgIpc) is 3.47. The number of aromatic nitrogens is 1. The smallest absolute Gasteiger partial charge is 0.272 e. The summed E-state index contributed by atoms with van der Waals surface area (Å²) >= 11 is 6.12. The molecule has 4 heterocycles.